The Morgan fingerprint density at radius 2 is 2.29 bits per heavy atom. The summed E-state index contributed by atoms with van der Waals surface area (Å²) in [6.45, 7) is 0. The van der Waals surface area contributed by atoms with Crippen LogP contribution >= 0.6 is 0 Å². The van der Waals surface area contributed by atoms with E-state index in [2.05, 4.69) is 15.1 Å². The van der Waals surface area contributed by atoms with Crippen LogP contribution in [0.4, 0.5) is 0 Å². The largest absolute Gasteiger partial charge is 0.461 e. The molecule has 5 nitrogen and oxygen atoms in total. The molecule has 0 saturated heterocycles. The molecule has 0 atom stereocenters. The van der Waals surface area contributed by atoms with Gasteiger partial charge in [0.2, 0.25) is 0 Å². The van der Waals surface area contributed by atoms with E-state index in [0.717, 1.165) is 5.65 Å². The molecule has 5 heteroatoms. The van der Waals surface area contributed by atoms with Crippen LogP contribution in [0.25, 0.3) is 17.2 Å². The zero-order valence-corrected chi connectivity index (χ0v) is 7.16. The molecule has 0 bridgehead atoms. The Balaban J connectivity index is 2.23. The minimum atomic E-state index is 0.572. The van der Waals surface area contributed by atoms with Crippen molar-refractivity contribution >= 4 is 5.65 Å². The molecule has 0 aliphatic heterocycles. The lowest BCUT2D eigenvalue weighted by molar-refractivity contribution is 0.576. The summed E-state index contributed by atoms with van der Waals surface area (Å²) in [4.78, 5) is 8.39. The molecule has 3 aromatic rings. The van der Waals surface area contributed by atoms with Crippen molar-refractivity contribution in [2.75, 3.05) is 0 Å². The van der Waals surface area contributed by atoms with E-state index in [0.29, 0.717) is 11.6 Å². The van der Waals surface area contributed by atoms with E-state index in [1.165, 1.54) is 0 Å². The average Bonchev–Trinajstić information content (AvgIpc) is 2.88. The first-order valence-corrected chi connectivity index (χ1v) is 4.14. The van der Waals surface area contributed by atoms with Crippen molar-refractivity contribution in [1.82, 2.24) is 19.6 Å². The smallest absolute Gasteiger partial charge is 0.199 e. The van der Waals surface area contributed by atoms with E-state index >= 15 is 0 Å². The second kappa shape index (κ2) is 2.66. The third-order valence-corrected chi connectivity index (χ3v) is 1.90. The second-order valence-corrected chi connectivity index (χ2v) is 2.79. The molecule has 3 heterocycles. The SMILES string of the molecule is c1coc(-c2ncn3nccc3n2)c1. The van der Waals surface area contributed by atoms with Gasteiger partial charge in [-0.05, 0) is 12.1 Å². The van der Waals surface area contributed by atoms with E-state index in [1.54, 1.807) is 29.4 Å². The molecule has 0 aliphatic rings. The van der Waals surface area contributed by atoms with Crippen molar-refractivity contribution in [2.24, 2.45) is 0 Å². The monoisotopic (exact) mass is 186 g/mol. The van der Waals surface area contributed by atoms with Gasteiger partial charge in [-0.25, -0.2) is 14.5 Å². The number of aromatic nitrogens is 4. The Bertz CT molecular complexity index is 555. The van der Waals surface area contributed by atoms with Crippen LogP contribution in [0.5, 0.6) is 0 Å². The van der Waals surface area contributed by atoms with Crippen LogP contribution in [0.1, 0.15) is 0 Å². The molecule has 3 rings (SSSR count). The third kappa shape index (κ3) is 0.990. The number of rotatable bonds is 1. The average molecular weight is 186 g/mol. The van der Waals surface area contributed by atoms with Crippen LogP contribution < -0.4 is 0 Å². The third-order valence-electron chi connectivity index (χ3n) is 1.90. The summed E-state index contributed by atoms with van der Waals surface area (Å²) in [5, 5.41) is 4.00. The van der Waals surface area contributed by atoms with Crippen molar-refractivity contribution in [2.45, 2.75) is 0 Å². The maximum absolute atomic E-state index is 5.19. The van der Waals surface area contributed by atoms with Crippen LogP contribution in [-0.4, -0.2) is 19.6 Å². The molecule has 0 spiro atoms. The summed E-state index contributed by atoms with van der Waals surface area (Å²) in [7, 11) is 0. The van der Waals surface area contributed by atoms with E-state index < -0.39 is 0 Å². The summed E-state index contributed by atoms with van der Waals surface area (Å²) in [6.07, 6.45) is 4.88. The highest BCUT2D eigenvalue weighted by Crippen LogP contribution is 2.14. The minimum absolute atomic E-state index is 0.572. The van der Waals surface area contributed by atoms with Gasteiger partial charge in [0, 0.05) is 6.07 Å². The molecule has 0 aromatic carbocycles. The van der Waals surface area contributed by atoms with Crippen molar-refractivity contribution in [3.05, 3.63) is 37.0 Å². The Hall–Kier alpha value is -2.17. The highest BCUT2D eigenvalue weighted by atomic mass is 16.3. The van der Waals surface area contributed by atoms with Gasteiger partial charge >= 0.3 is 0 Å². The molecule has 0 radical (unpaired) electrons. The van der Waals surface area contributed by atoms with Crippen molar-refractivity contribution in [3.8, 4) is 11.6 Å². The zero-order valence-electron chi connectivity index (χ0n) is 7.16. The Morgan fingerprint density at radius 3 is 3.14 bits per heavy atom. The number of fused-ring (bicyclic) bond motifs is 1. The molecule has 0 amide bonds. The topological polar surface area (TPSA) is 56.2 Å². The number of hydrogen-bond acceptors (Lipinski definition) is 4. The Labute approximate surface area is 79.0 Å². The van der Waals surface area contributed by atoms with Gasteiger partial charge in [0.25, 0.3) is 0 Å². The Kier molecular flexibility index (Phi) is 1.38. The van der Waals surface area contributed by atoms with Gasteiger partial charge < -0.3 is 4.42 Å². The first kappa shape index (κ1) is 7.25. The van der Waals surface area contributed by atoms with E-state index in [1.807, 2.05) is 12.1 Å². The normalized spacial score (nSPS) is 10.9. The van der Waals surface area contributed by atoms with Gasteiger partial charge in [0.05, 0.1) is 12.5 Å². The van der Waals surface area contributed by atoms with E-state index in [-0.39, 0.29) is 0 Å². The molecule has 3 aromatic heterocycles. The molecule has 0 aliphatic carbocycles. The lowest BCUT2D eigenvalue weighted by Gasteiger charge is -1.95. The standard InChI is InChI=1S/C9H6N4O/c1-2-7(14-5-1)9-10-6-13-8(12-9)3-4-11-13/h1-6H. The fourth-order valence-corrected chi connectivity index (χ4v) is 1.26. The lowest BCUT2D eigenvalue weighted by Crippen LogP contribution is -1.94. The van der Waals surface area contributed by atoms with Crippen molar-refractivity contribution < 1.29 is 4.42 Å². The van der Waals surface area contributed by atoms with E-state index in [9.17, 15) is 0 Å². The number of hydrogen-bond donors (Lipinski definition) is 0. The predicted octanol–water partition coefficient (Wildman–Crippen LogP) is 1.38. The van der Waals surface area contributed by atoms with Crippen LogP contribution in [0, 0.1) is 0 Å². The molecule has 0 N–H and O–H groups in total. The summed E-state index contributed by atoms with van der Waals surface area (Å²) in [5.41, 5.74) is 0.756. The number of furan rings is 1. The van der Waals surface area contributed by atoms with Crippen LogP contribution in [-0.2, 0) is 0 Å². The minimum Gasteiger partial charge on any atom is -0.461 e. The van der Waals surface area contributed by atoms with Gasteiger partial charge in [-0.2, -0.15) is 5.10 Å². The van der Waals surface area contributed by atoms with Crippen LogP contribution in [0.3, 0.4) is 0 Å². The maximum Gasteiger partial charge on any atom is 0.199 e. The summed E-state index contributed by atoms with van der Waals surface area (Å²) in [5.74, 6) is 1.23. The van der Waals surface area contributed by atoms with Gasteiger partial charge in [0.15, 0.2) is 17.2 Å². The second-order valence-electron chi connectivity index (χ2n) is 2.79. The van der Waals surface area contributed by atoms with E-state index in [4.69, 9.17) is 4.42 Å². The zero-order chi connectivity index (χ0) is 9.38. The Morgan fingerprint density at radius 1 is 1.29 bits per heavy atom. The van der Waals surface area contributed by atoms with Gasteiger partial charge in [0.1, 0.15) is 6.33 Å². The fourth-order valence-electron chi connectivity index (χ4n) is 1.26. The first-order chi connectivity index (χ1) is 6.93. The summed E-state index contributed by atoms with van der Waals surface area (Å²) < 4.78 is 6.79. The maximum atomic E-state index is 5.19. The quantitative estimate of drug-likeness (QED) is 0.576. The molecule has 0 saturated carbocycles. The first-order valence-electron chi connectivity index (χ1n) is 4.14. The van der Waals surface area contributed by atoms with Gasteiger partial charge in [-0.1, -0.05) is 0 Å². The van der Waals surface area contributed by atoms with Crippen molar-refractivity contribution in [1.29, 1.82) is 0 Å². The molecule has 68 valence electrons. The fraction of sp³-hybridized carbons (Fsp3) is 0. The van der Waals surface area contributed by atoms with Gasteiger partial charge in [-0.3, -0.25) is 0 Å². The molecule has 14 heavy (non-hydrogen) atoms. The highest BCUT2D eigenvalue weighted by Gasteiger charge is 2.04. The lowest BCUT2D eigenvalue weighted by atomic mass is 10.4. The van der Waals surface area contributed by atoms with Gasteiger partial charge in [-0.15, -0.1) is 0 Å². The molecular weight excluding hydrogens is 180 g/mol. The molecule has 0 fully saturated rings. The molecular formula is C9H6N4O. The summed E-state index contributed by atoms with van der Waals surface area (Å²) in [6, 6.07) is 5.44. The van der Waals surface area contributed by atoms with Crippen molar-refractivity contribution in [3.63, 3.8) is 0 Å². The summed E-state index contributed by atoms with van der Waals surface area (Å²) >= 11 is 0. The van der Waals surface area contributed by atoms with Crippen LogP contribution in [0.2, 0.25) is 0 Å². The predicted molar refractivity (Wildman–Crippen MR) is 48.5 cm³/mol. The highest BCUT2D eigenvalue weighted by molar-refractivity contribution is 5.50. The number of nitrogens with zero attached hydrogens (tertiary/aromatic N) is 4. The van der Waals surface area contributed by atoms with Crippen LogP contribution in [0.15, 0.2) is 41.4 Å². The molecule has 0 unspecified atom stereocenters.